The molecular formula is C16H15N3O4S. The van der Waals surface area contributed by atoms with Gasteiger partial charge in [0.1, 0.15) is 4.90 Å². The van der Waals surface area contributed by atoms with Crippen LogP contribution in [0.1, 0.15) is 23.2 Å². The van der Waals surface area contributed by atoms with Gasteiger partial charge in [0.05, 0.1) is 23.1 Å². The number of nitrogens with zero attached hydrogens (tertiary/aromatic N) is 2. The van der Waals surface area contributed by atoms with Crippen molar-refractivity contribution in [2.75, 3.05) is 11.4 Å². The molecule has 1 aromatic heterocycles. The van der Waals surface area contributed by atoms with Crippen molar-refractivity contribution < 1.29 is 18.3 Å². The molecule has 2 aliphatic heterocycles. The SMILES string of the molecule is O=C(O)c1cccnc1-c1ccc2c(c1)S(=O)(=O)NC1CCCN21. The number of aromatic nitrogens is 1. The number of nitrogens with one attached hydrogen (secondary N) is 1. The highest BCUT2D eigenvalue weighted by Crippen LogP contribution is 2.37. The van der Waals surface area contributed by atoms with Gasteiger partial charge in [-0.3, -0.25) is 4.98 Å². The predicted octanol–water partition coefficient (Wildman–Crippen LogP) is 1.67. The number of anilines is 1. The predicted molar refractivity (Wildman–Crippen MR) is 87.3 cm³/mol. The van der Waals surface area contributed by atoms with Crippen molar-refractivity contribution in [3.05, 3.63) is 42.1 Å². The summed E-state index contributed by atoms with van der Waals surface area (Å²) in [6.45, 7) is 0.795. The molecule has 1 aromatic carbocycles. The topological polar surface area (TPSA) is 99.6 Å². The fourth-order valence-corrected chi connectivity index (χ4v) is 4.81. The Bertz CT molecular complexity index is 942. The van der Waals surface area contributed by atoms with Gasteiger partial charge in [0.25, 0.3) is 0 Å². The maximum Gasteiger partial charge on any atom is 0.337 e. The summed E-state index contributed by atoms with van der Waals surface area (Å²) in [5.74, 6) is -1.10. The molecule has 0 amide bonds. The van der Waals surface area contributed by atoms with Crippen LogP contribution >= 0.6 is 0 Å². The maximum absolute atomic E-state index is 12.5. The zero-order valence-electron chi connectivity index (χ0n) is 12.6. The van der Waals surface area contributed by atoms with Gasteiger partial charge in [-0.1, -0.05) is 6.07 Å². The van der Waals surface area contributed by atoms with E-state index in [-0.39, 0.29) is 22.3 Å². The summed E-state index contributed by atoms with van der Waals surface area (Å²) in [6, 6.07) is 7.96. The molecule has 1 saturated heterocycles. The van der Waals surface area contributed by atoms with E-state index in [1.807, 2.05) is 4.90 Å². The molecule has 1 fully saturated rings. The van der Waals surface area contributed by atoms with Gasteiger partial charge in [0, 0.05) is 18.3 Å². The summed E-state index contributed by atoms with van der Waals surface area (Å²) in [5.41, 5.74) is 1.42. The molecule has 1 unspecified atom stereocenters. The number of carbonyl (C=O) groups is 1. The van der Waals surface area contributed by atoms with Crippen LogP contribution in [0.2, 0.25) is 0 Å². The standard InChI is InChI=1S/C16H15N3O4S/c20-16(21)11-3-1-7-17-15(11)10-5-6-12-13(9-10)24(22,23)18-14-4-2-8-19(12)14/h1,3,5-7,9,14,18H,2,4,8H2,(H,20,21). The molecule has 0 aliphatic carbocycles. The molecule has 1 atom stereocenters. The van der Waals surface area contributed by atoms with Crippen LogP contribution in [-0.2, 0) is 10.0 Å². The zero-order valence-corrected chi connectivity index (χ0v) is 13.5. The number of rotatable bonds is 2. The van der Waals surface area contributed by atoms with Crippen molar-refractivity contribution in [1.82, 2.24) is 9.71 Å². The Morgan fingerprint density at radius 1 is 1.33 bits per heavy atom. The zero-order chi connectivity index (χ0) is 16.9. The quantitative estimate of drug-likeness (QED) is 0.859. The molecule has 124 valence electrons. The Morgan fingerprint density at radius 2 is 2.17 bits per heavy atom. The summed E-state index contributed by atoms with van der Waals surface area (Å²) in [4.78, 5) is 17.7. The second-order valence-electron chi connectivity index (χ2n) is 5.86. The Labute approximate surface area is 139 Å². The van der Waals surface area contributed by atoms with Crippen LogP contribution in [0.25, 0.3) is 11.3 Å². The van der Waals surface area contributed by atoms with Gasteiger partial charge in [-0.25, -0.2) is 13.2 Å². The van der Waals surface area contributed by atoms with Gasteiger partial charge in [0.15, 0.2) is 0 Å². The Kier molecular flexibility index (Phi) is 3.33. The molecule has 0 radical (unpaired) electrons. The third kappa shape index (κ3) is 2.26. The monoisotopic (exact) mass is 345 g/mol. The summed E-state index contributed by atoms with van der Waals surface area (Å²) in [6.07, 6.45) is 3.00. The molecule has 2 aromatic rings. The second kappa shape index (κ2) is 5.29. The smallest absolute Gasteiger partial charge is 0.337 e. The number of hydrogen-bond acceptors (Lipinski definition) is 5. The van der Waals surface area contributed by atoms with Crippen LogP contribution < -0.4 is 9.62 Å². The van der Waals surface area contributed by atoms with Crippen LogP contribution in [-0.4, -0.2) is 37.2 Å². The molecule has 2 N–H and O–H groups in total. The number of carboxylic acid groups (broad SMARTS) is 1. The molecule has 7 nitrogen and oxygen atoms in total. The minimum absolute atomic E-state index is 0.0395. The van der Waals surface area contributed by atoms with Crippen LogP contribution in [0.3, 0.4) is 0 Å². The van der Waals surface area contributed by atoms with Crippen molar-refractivity contribution in [3.63, 3.8) is 0 Å². The molecule has 24 heavy (non-hydrogen) atoms. The first kappa shape index (κ1) is 15.1. The molecule has 4 rings (SSSR count). The lowest BCUT2D eigenvalue weighted by Gasteiger charge is -2.34. The Morgan fingerprint density at radius 3 is 2.96 bits per heavy atom. The number of pyridine rings is 1. The number of sulfonamides is 1. The summed E-state index contributed by atoms with van der Waals surface area (Å²) >= 11 is 0. The van der Waals surface area contributed by atoms with Crippen LogP contribution in [0.5, 0.6) is 0 Å². The van der Waals surface area contributed by atoms with E-state index in [4.69, 9.17) is 0 Å². The molecule has 8 heteroatoms. The van der Waals surface area contributed by atoms with Gasteiger partial charge in [-0.05, 0) is 37.1 Å². The molecule has 0 saturated carbocycles. The van der Waals surface area contributed by atoms with Crippen LogP contribution in [0.4, 0.5) is 5.69 Å². The number of carboxylic acids is 1. The van der Waals surface area contributed by atoms with Crippen molar-refractivity contribution >= 4 is 21.7 Å². The van der Waals surface area contributed by atoms with E-state index in [1.54, 1.807) is 18.2 Å². The van der Waals surface area contributed by atoms with Gasteiger partial charge >= 0.3 is 5.97 Å². The third-order valence-electron chi connectivity index (χ3n) is 4.41. The highest BCUT2D eigenvalue weighted by Gasteiger charge is 2.37. The summed E-state index contributed by atoms with van der Waals surface area (Å²) < 4.78 is 27.8. The van der Waals surface area contributed by atoms with Crippen LogP contribution in [0.15, 0.2) is 41.4 Å². The highest BCUT2D eigenvalue weighted by atomic mass is 32.2. The number of benzene rings is 1. The lowest BCUT2D eigenvalue weighted by Crippen LogP contribution is -2.48. The number of aromatic carboxylic acids is 1. The van der Waals surface area contributed by atoms with E-state index in [0.717, 1.165) is 19.4 Å². The molecule has 0 spiro atoms. The average Bonchev–Trinajstić information content (AvgIpc) is 3.02. The van der Waals surface area contributed by atoms with E-state index >= 15 is 0 Å². The fraction of sp³-hybridized carbons (Fsp3) is 0.250. The summed E-state index contributed by atoms with van der Waals surface area (Å²) in [7, 11) is -3.63. The number of hydrogen-bond donors (Lipinski definition) is 2. The first-order chi connectivity index (χ1) is 11.5. The van der Waals surface area contributed by atoms with Gasteiger partial charge in [-0.2, -0.15) is 4.72 Å². The van der Waals surface area contributed by atoms with Gasteiger partial charge in [-0.15, -0.1) is 0 Å². The molecule has 2 aliphatic rings. The van der Waals surface area contributed by atoms with Crippen molar-refractivity contribution in [1.29, 1.82) is 0 Å². The first-order valence-electron chi connectivity index (χ1n) is 7.59. The van der Waals surface area contributed by atoms with Crippen molar-refractivity contribution in [2.24, 2.45) is 0 Å². The Balaban J connectivity index is 1.89. The fourth-order valence-electron chi connectivity index (χ4n) is 3.34. The minimum atomic E-state index is -3.63. The van der Waals surface area contributed by atoms with E-state index in [2.05, 4.69) is 9.71 Å². The van der Waals surface area contributed by atoms with E-state index < -0.39 is 16.0 Å². The van der Waals surface area contributed by atoms with Crippen LogP contribution in [0, 0.1) is 0 Å². The minimum Gasteiger partial charge on any atom is -0.478 e. The summed E-state index contributed by atoms with van der Waals surface area (Å²) in [5, 5.41) is 9.31. The third-order valence-corrected chi connectivity index (χ3v) is 5.90. The lowest BCUT2D eigenvalue weighted by atomic mass is 10.1. The molecular weight excluding hydrogens is 330 g/mol. The molecule has 0 bridgehead atoms. The Hall–Kier alpha value is -2.45. The number of fused-ring (bicyclic) bond motifs is 3. The average molecular weight is 345 g/mol. The first-order valence-corrected chi connectivity index (χ1v) is 9.07. The van der Waals surface area contributed by atoms with E-state index in [0.29, 0.717) is 11.3 Å². The molecule has 3 heterocycles. The van der Waals surface area contributed by atoms with E-state index in [9.17, 15) is 18.3 Å². The lowest BCUT2D eigenvalue weighted by molar-refractivity contribution is 0.0697. The maximum atomic E-state index is 12.5. The largest absolute Gasteiger partial charge is 0.478 e. The second-order valence-corrected chi connectivity index (χ2v) is 7.54. The van der Waals surface area contributed by atoms with Crippen molar-refractivity contribution in [2.45, 2.75) is 23.9 Å². The van der Waals surface area contributed by atoms with E-state index in [1.165, 1.54) is 18.3 Å². The highest BCUT2D eigenvalue weighted by molar-refractivity contribution is 7.89. The normalized spacial score (nSPS) is 21.2. The van der Waals surface area contributed by atoms with Crippen molar-refractivity contribution in [3.8, 4) is 11.3 Å². The van der Waals surface area contributed by atoms with Gasteiger partial charge in [0.2, 0.25) is 10.0 Å². The van der Waals surface area contributed by atoms with Gasteiger partial charge < -0.3 is 10.0 Å².